The van der Waals surface area contributed by atoms with Gasteiger partial charge in [-0.25, -0.2) is 0 Å². The highest BCUT2D eigenvalue weighted by Crippen LogP contribution is 2.44. The van der Waals surface area contributed by atoms with Crippen LogP contribution in [0.25, 0.3) is 11.4 Å². The number of amides is 2. The van der Waals surface area contributed by atoms with Gasteiger partial charge in [-0.05, 0) is 24.3 Å². The molecule has 6 nitrogen and oxygen atoms in total. The molecule has 0 saturated carbocycles. The highest BCUT2D eigenvalue weighted by Gasteiger charge is 2.43. The number of nitrogens with one attached hydrogen (secondary N) is 2. The summed E-state index contributed by atoms with van der Waals surface area (Å²) in [4.78, 5) is 25.6. The van der Waals surface area contributed by atoms with Gasteiger partial charge in [0.1, 0.15) is 11.5 Å². The highest BCUT2D eigenvalue weighted by atomic mass is 35.5. The van der Waals surface area contributed by atoms with E-state index in [9.17, 15) is 9.59 Å². The van der Waals surface area contributed by atoms with Crippen LogP contribution in [0.2, 0.25) is 10.0 Å². The van der Waals surface area contributed by atoms with Crippen LogP contribution in [-0.4, -0.2) is 26.0 Å². The van der Waals surface area contributed by atoms with Crippen LogP contribution in [-0.2, 0) is 9.59 Å². The van der Waals surface area contributed by atoms with Crippen molar-refractivity contribution < 1.29 is 19.1 Å². The molecule has 2 heterocycles. The molecular formula is C20H14Cl2N2O4. The Morgan fingerprint density at radius 1 is 0.714 bits per heavy atom. The first-order valence-corrected chi connectivity index (χ1v) is 9.00. The average Bonchev–Trinajstić information content (AvgIpc) is 3.19. The third-order valence-electron chi connectivity index (χ3n) is 4.57. The molecule has 2 aliphatic rings. The number of ether oxygens (including phenoxy) is 2. The lowest BCUT2D eigenvalue weighted by atomic mass is 10.0. The lowest BCUT2D eigenvalue weighted by Gasteiger charge is -2.13. The van der Waals surface area contributed by atoms with Crippen molar-refractivity contribution in [2.45, 2.75) is 0 Å². The largest absolute Gasteiger partial charge is 0.496 e. The molecule has 2 aliphatic heterocycles. The van der Waals surface area contributed by atoms with E-state index < -0.39 is 11.8 Å². The second kappa shape index (κ2) is 6.89. The van der Waals surface area contributed by atoms with Crippen molar-refractivity contribution in [2.75, 3.05) is 14.2 Å². The predicted molar refractivity (Wildman–Crippen MR) is 106 cm³/mol. The third kappa shape index (κ3) is 2.65. The number of rotatable bonds is 4. The summed E-state index contributed by atoms with van der Waals surface area (Å²) in [7, 11) is 2.98. The number of hydrogen-bond acceptors (Lipinski definition) is 4. The maximum Gasteiger partial charge on any atom is 0.258 e. The van der Waals surface area contributed by atoms with Gasteiger partial charge in [-0.2, -0.15) is 0 Å². The van der Waals surface area contributed by atoms with E-state index >= 15 is 0 Å². The summed E-state index contributed by atoms with van der Waals surface area (Å²) in [5, 5.41) is 6.19. The van der Waals surface area contributed by atoms with Crippen molar-refractivity contribution in [3.05, 3.63) is 68.7 Å². The fourth-order valence-corrected chi connectivity index (χ4v) is 3.91. The molecule has 2 N–H and O–H groups in total. The zero-order valence-electron chi connectivity index (χ0n) is 14.9. The zero-order valence-corrected chi connectivity index (χ0v) is 16.4. The summed E-state index contributed by atoms with van der Waals surface area (Å²) in [5.41, 5.74) is 1.84. The first-order chi connectivity index (χ1) is 13.5. The predicted octanol–water partition coefficient (Wildman–Crippen LogP) is 3.39. The maximum absolute atomic E-state index is 12.8. The van der Waals surface area contributed by atoms with Crippen molar-refractivity contribution >= 4 is 46.4 Å². The number of benzene rings is 2. The van der Waals surface area contributed by atoms with Gasteiger partial charge in [0.05, 0.1) is 57.9 Å². The number of carbonyl (C=O) groups excluding carboxylic acids is 2. The molecule has 2 amide bonds. The maximum atomic E-state index is 12.8. The van der Waals surface area contributed by atoms with Crippen LogP contribution in [0.5, 0.6) is 11.5 Å². The van der Waals surface area contributed by atoms with Crippen LogP contribution in [0.3, 0.4) is 0 Å². The van der Waals surface area contributed by atoms with E-state index in [1.165, 1.54) is 14.2 Å². The Labute approximate surface area is 170 Å². The number of fused-ring (bicyclic) bond motifs is 1. The molecule has 2 aromatic carbocycles. The average molecular weight is 417 g/mol. The molecule has 0 fully saturated rings. The van der Waals surface area contributed by atoms with E-state index in [1.54, 1.807) is 36.4 Å². The highest BCUT2D eigenvalue weighted by molar-refractivity contribution is 6.37. The third-order valence-corrected chi connectivity index (χ3v) is 5.20. The monoisotopic (exact) mass is 416 g/mol. The molecule has 0 atom stereocenters. The van der Waals surface area contributed by atoms with Crippen LogP contribution in [0.15, 0.2) is 47.5 Å². The Kier molecular flexibility index (Phi) is 4.53. The van der Waals surface area contributed by atoms with E-state index in [0.717, 1.165) is 0 Å². The molecule has 2 aromatic rings. The fraction of sp³-hybridized carbons (Fsp3) is 0.100. The molecule has 0 spiro atoms. The molecule has 0 aromatic heterocycles. The van der Waals surface area contributed by atoms with Crippen LogP contribution in [0.1, 0.15) is 11.1 Å². The second-order valence-electron chi connectivity index (χ2n) is 6.04. The Morgan fingerprint density at radius 3 is 1.46 bits per heavy atom. The van der Waals surface area contributed by atoms with Crippen molar-refractivity contribution in [1.29, 1.82) is 0 Å². The summed E-state index contributed by atoms with van der Waals surface area (Å²) in [6, 6.07) is 10.2. The first kappa shape index (κ1) is 18.4. The number of carbonyl (C=O) groups is 2. The van der Waals surface area contributed by atoms with Crippen molar-refractivity contribution in [3.8, 4) is 11.5 Å². The molecule has 8 heteroatoms. The standard InChI is InChI=1S/C20H14Cl2N2O4/c1-27-11-7-3-5-9(21)13(11)17-15-16(20(26)23-17)18(24-19(15)25)14-10(22)6-4-8-12(14)28-2/h3-8H,1-2H3,(H,23,26)(H,24,25). The van der Waals surface area contributed by atoms with Gasteiger partial charge < -0.3 is 20.1 Å². The lowest BCUT2D eigenvalue weighted by molar-refractivity contribution is -0.117. The van der Waals surface area contributed by atoms with Crippen LogP contribution in [0, 0.1) is 0 Å². The van der Waals surface area contributed by atoms with Crippen molar-refractivity contribution in [2.24, 2.45) is 0 Å². The molecular weight excluding hydrogens is 403 g/mol. The molecule has 0 unspecified atom stereocenters. The Bertz CT molecular complexity index is 1020. The SMILES string of the molecule is COc1cccc(Cl)c1C1=C2C(=O)NC(c3c(Cl)cccc3OC)=C2C(=O)N1. The summed E-state index contributed by atoms with van der Waals surface area (Å²) in [6.07, 6.45) is 0. The topological polar surface area (TPSA) is 76.7 Å². The number of hydrogen-bond donors (Lipinski definition) is 2. The molecule has 28 heavy (non-hydrogen) atoms. The fourth-order valence-electron chi connectivity index (χ4n) is 3.39. The Hall–Kier alpha value is -2.96. The summed E-state index contributed by atoms with van der Waals surface area (Å²) >= 11 is 12.7. The minimum atomic E-state index is -0.442. The molecule has 4 rings (SSSR count). The van der Waals surface area contributed by atoms with Crippen molar-refractivity contribution in [3.63, 3.8) is 0 Å². The van der Waals surface area contributed by atoms with Gasteiger partial charge in [0.2, 0.25) is 0 Å². The smallest absolute Gasteiger partial charge is 0.258 e. The quantitative estimate of drug-likeness (QED) is 0.800. The van der Waals surface area contributed by atoms with Gasteiger partial charge in [0.15, 0.2) is 0 Å². The normalized spacial score (nSPS) is 15.6. The number of halogens is 2. The van der Waals surface area contributed by atoms with Gasteiger partial charge in [-0.15, -0.1) is 0 Å². The van der Waals surface area contributed by atoms with Gasteiger partial charge in [0, 0.05) is 0 Å². The zero-order chi connectivity index (χ0) is 20.0. The van der Waals surface area contributed by atoms with E-state index in [4.69, 9.17) is 32.7 Å². The minimum Gasteiger partial charge on any atom is -0.496 e. The van der Waals surface area contributed by atoms with Gasteiger partial charge >= 0.3 is 0 Å². The van der Waals surface area contributed by atoms with E-state index in [2.05, 4.69) is 10.6 Å². The van der Waals surface area contributed by atoms with E-state index in [0.29, 0.717) is 44.1 Å². The number of methoxy groups -OCH3 is 2. The Morgan fingerprint density at radius 2 is 1.11 bits per heavy atom. The molecule has 0 radical (unpaired) electrons. The van der Waals surface area contributed by atoms with Gasteiger partial charge in [-0.1, -0.05) is 35.3 Å². The summed E-state index contributed by atoms with van der Waals surface area (Å²) in [6.45, 7) is 0. The van der Waals surface area contributed by atoms with Crippen LogP contribution < -0.4 is 20.1 Å². The summed E-state index contributed by atoms with van der Waals surface area (Å²) < 4.78 is 10.7. The Balaban J connectivity index is 2.00. The summed E-state index contributed by atoms with van der Waals surface area (Å²) in [5.74, 6) is -0.00848. The second-order valence-corrected chi connectivity index (χ2v) is 6.86. The van der Waals surface area contributed by atoms with E-state index in [-0.39, 0.29) is 11.1 Å². The van der Waals surface area contributed by atoms with E-state index in [1.807, 2.05) is 0 Å². The van der Waals surface area contributed by atoms with Crippen molar-refractivity contribution in [1.82, 2.24) is 10.6 Å². The molecule has 0 aliphatic carbocycles. The molecule has 0 bridgehead atoms. The van der Waals surface area contributed by atoms with Crippen LogP contribution in [0.4, 0.5) is 0 Å². The molecule has 0 saturated heterocycles. The lowest BCUT2D eigenvalue weighted by Crippen LogP contribution is -2.22. The first-order valence-electron chi connectivity index (χ1n) is 8.25. The molecule has 142 valence electrons. The van der Waals surface area contributed by atoms with Gasteiger partial charge in [-0.3, -0.25) is 9.59 Å². The van der Waals surface area contributed by atoms with Crippen LogP contribution >= 0.6 is 23.2 Å². The van der Waals surface area contributed by atoms with Gasteiger partial charge in [0.25, 0.3) is 11.8 Å². The minimum absolute atomic E-state index is 0.188.